The fourth-order valence-electron chi connectivity index (χ4n) is 3.84. The van der Waals surface area contributed by atoms with Crippen molar-refractivity contribution in [3.63, 3.8) is 0 Å². The molecule has 0 aromatic carbocycles. The Bertz CT molecular complexity index is 348. The molecule has 2 nitrogen and oxygen atoms in total. The van der Waals surface area contributed by atoms with E-state index in [-0.39, 0.29) is 18.0 Å². The number of hydrogen-bond acceptors (Lipinski definition) is 2. The number of hydrogen-bond donors (Lipinski definition) is 0. The molecule has 0 aliphatic carbocycles. The SMILES string of the molecule is CCCCCCCCCCCCCCCCCCC(=O)CC(=O)CCCCC. The van der Waals surface area contributed by atoms with Gasteiger partial charge in [0.2, 0.25) is 0 Å². The van der Waals surface area contributed by atoms with Crippen molar-refractivity contribution in [2.24, 2.45) is 0 Å². The molecule has 0 spiro atoms. The Morgan fingerprint density at radius 1 is 0.393 bits per heavy atom. The van der Waals surface area contributed by atoms with Crippen LogP contribution in [0, 0.1) is 0 Å². The van der Waals surface area contributed by atoms with E-state index in [1.165, 1.54) is 89.9 Å². The maximum atomic E-state index is 11.8. The van der Waals surface area contributed by atoms with E-state index < -0.39 is 0 Å². The minimum absolute atomic E-state index is 0.148. The molecule has 0 unspecified atom stereocenters. The van der Waals surface area contributed by atoms with Crippen molar-refractivity contribution < 1.29 is 9.59 Å². The Morgan fingerprint density at radius 3 is 1.00 bits per heavy atom. The number of unbranched alkanes of at least 4 members (excludes halogenated alkanes) is 17. The van der Waals surface area contributed by atoms with Crippen LogP contribution in [0.2, 0.25) is 0 Å². The van der Waals surface area contributed by atoms with Gasteiger partial charge in [0.05, 0.1) is 6.42 Å². The second-order valence-electron chi connectivity index (χ2n) is 8.76. The van der Waals surface area contributed by atoms with Crippen molar-refractivity contribution in [2.75, 3.05) is 0 Å². The van der Waals surface area contributed by atoms with Gasteiger partial charge in [-0.1, -0.05) is 123 Å². The van der Waals surface area contributed by atoms with Crippen LogP contribution in [0.5, 0.6) is 0 Å². The largest absolute Gasteiger partial charge is 0.299 e. The number of carbonyl (C=O) groups is 2. The lowest BCUT2D eigenvalue weighted by Gasteiger charge is -2.04. The summed E-state index contributed by atoms with van der Waals surface area (Å²) < 4.78 is 0. The first-order chi connectivity index (χ1) is 13.7. The first kappa shape index (κ1) is 27.3. The van der Waals surface area contributed by atoms with Gasteiger partial charge in [-0.25, -0.2) is 0 Å². The summed E-state index contributed by atoms with van der Waals surface area (Å²) in [7, 11) is 0. The number of rotatable bonds is 23. The van der Waals surface area contributed by atoms with E-state index in [1.807, 2.05) is 0 Å². The summed E-state index contributed by atoms with van der Waals surface area (Å²) in [6.45, 7) is 4.41. The van der Waals surface area contributed by atoms with Crippen molar-refractivity contribution in [3.05, 3.63) is 0 Å². The Hall–Kier alpha value is -0.660. The van der Waals surface area contributed by atoms with Crippen molar-refractivity contribution in [1.82, 2.24) is 0 Å². The fourth-order valence-corrected chi connectivity index (χ4v) is 3.84. The van der Waals surface area contributed by atoms with Crippen LogP contribution in [0.25, 0.3) is 0 Å². The van der Waals surface area contributed by atoms with Gasteiger partial charge in [0.25, 0.3) is 0 Å². The summed E-state index contributed by atoms with van der Waals surface area (Å²) in [5.74, 6) is 0.307. The smallest absolute Gasteiger partial charge is 0.140 e. The first-order valence-corrected chi connectivity index (χ1v) is 12.7. The molecule has 0 saturated carbocycles. The number of carbonyl (C=O) groups excluding carboxylic acids is 2. The topological polar surface area (TPSA) is 34.1 Å². The zero-order valence-electron chi connectivity index (χ0n) is 19.4. The molecule has 0 aliphatic heterocycles. The predicted octanol–water partition coefficient (Wildman–Crippen LogP) is 8.75. The van der Waals surface area contributed by atoms with Crippen LogP contribution in [0.15, 0.2) is 0 Å². The molecule has 0 aromatic rings. The van der Waals surface area contributed by atoms with Gasteiger partial charge >= 0.3 is 0 Å². The molecule has 0 atom stereocenters. The van der Waals surface area contributed by atoms with Crippen molar-refractivity contribution in [1.29, 1.82) is 0 Å². The highest BCUT2D eigenvalue weighted by atomic mass is 16.1. The molecule has 0 amide bonds. The van der Waals surface area contributed by atoms with Crippen molar-refractivity contribution in [2.45, 2.75) is 155 Å². The van der Waals surface area contributed by atoms with Crippen LogP contribution in [0.1, 0.15) is 155 Å². The van der Waals surface area contributed by atoms with E-state index >= 15 is 0 Å². The van der Waals surface area contributed by atoms with Crippen LogP contribution in [-0.2, 0) is 9.59 Å². The van der Waals surface area contributed by atoms with E-state index in [0.29, 0.717) is 12.8 Å². The molecule has 0 saturated heterocycles. The average Bonchev–Trinajstić information content (AvgIpc) is 2.67. The Kier molecular flexibility index (Phi) is 22.1. The third-order valence-electron chi connectivity index (χ3n) is 5.76. The van der Waals surface area contributed by atoms with Gasteiger partial charge in [-0.15, -0.1) is 0 Å². The van der Waals surface area contributed by atoms with Crippen molar-refractivity contribution >= 4 is 11.6 Å². The third kappa shape index (κ3) is 21.6. The van der Waals surface area contributed by atoms with Gasteiger partial charge in [-0.05, 0) is 12.8 Å². The van der Waals surface area contributed by atoms with Crippen LogP contribution in [0.3, 0.4) is 0 Å². The summed E-state index contributed by atoms with van der Waals surface area (Å²) >= 11 is 0. The van der Waals surface area contributed by atoms with E-state index in [1.54, 1.807) is 0 Å². The molecule has 0 rings (SSSR count). The average molecular weight is 395 g/mol. The van der Waals surface area contributed by atoms with Gasteiger partial charge in [-0.2, -0.15) is 0 Å². The molecular weight excluding hydrogens is 344 g/mol. The summed E-state index contributed by atoms with van der Waals surface area (Å²) in [5.41, 5.74) is 0. The molecule has 0 aliphatic rings. The lowest BCUT2D eigenvalue weighted by Crippen LogP contribution is -2.07. The van der Waals surface area contributed by atoms with Crippen LogP contribution in [0.4, 0.5) is 0 Å². The van der Waals surface area contributed by atoms with Crippen LogP contribution in [-0.4, -0.2) is 11.6 Å². The maximum Gasteiger partial charge on any atom is 0.140 e. The molecule has 0 N–H and O–H groups in total. The Labute approximate surface area is 176 Å². The first-order valence-electron chi connectivity index (χ1n) is 12.7. The summed E-state index contributed by atoms with van der Waals surface area (Å²) in [5, 5.41) is 0. The monoisotopic (exact) mass is 394 g/mol. The zero-order chi connectivity index (χ0) is 20.7. The van der Waals surface area contributed by atoms with Gasteiger partial charge in [0, 0.05) is 12.8 Å². The molecule has 166 valence electrons. The molecular formula is C26H50O2. The molecule has 0 fully saturated rings. The predicted molar refractivity (Wildman–Crippen MR) is 123 cm³/mol. The fraction of sp³-hybridized carbons (Fsp3) is 0.923. The summed E-state index contributed by atoms with van der Waals surface area (Å²) in [6.07, 6.45) is 26.1. The van der Waals surface area contributed by atoms with E-state index in [0.717, 1.165) is 32.1 Å². The molecule has 0 heterocycles. The Morgan fingerprint density at radius 2 is 0.643 bits per heavy atom. The molecule has 0 bridgehead atoms. The highest BCUT2D eigenvalue weighted by Gasteiger charge is 2.08. The number of Topliss-reactive ketones (excluding diaryl/α,β-unsaturated/α-hetero) is 2. The highest BCUT2D eigenvalue weighted by molar-refractivity contribution is 5.98. The minimum atomic E-state index is 0.148. The lowest BCUT2D eigenvalue weighted by molar-refractivity contribution is -0.127. The van der Waals surface area contributed by atoms with E-state index in [4.69, 9.17) is 0 Å². The second kappa shape index (κ2) is 22.6. The molecule has 28 heavy (non-hydrogen) atoms. The van der Waals surface area contributed by atoms with Crippen LogP contribution >= 0.6 is 0 Å². The molecule has 0 aromatic heterocycles. The third-order valence-corrected chi connectivity index (χ3v) is 5.76. The summed E-state index contributed by atoms with van der Waals surface area (Å²) in [4.78, 5) is 23.5. The quantitative estimate of drug-likeness (QED) is 0.128. The number of ketones is 2. The van der Waals surface area contributed by atoms with E-state index in [2.05, 4.69) is 13.8 Å². The summed E-state index contributed by atoms with van der Waals surface area (Å²) in [6, 6.07) is 0. The van der Waals surface area contributed by atoms with Gasteiger partial charge < -0.3 is 0 Å². The van der Waals surface area contributed by atoms with Gasteiger partial charge in [-0.3, -0.25) is 9.59 Å². The molecule has 0 radical (unpaired) electrons. The lowest BCUT2D eigenvalue weighted by atomic mass is 10.0. The second-order valence-corrected chi connectivity index (χ2v) is 8.76. The standard InChI is InChI=1S/C26H50O2/c1-3-5-7-8-9-10-11-12-13-14-15-16-17-18-19-21-23-26(28)24-25(27)22-20-6-4-2/h3-24H2,1-2H3. The normalized spacial score (nSPS) is 11.1. The minimum Gasteiger partial charge on any atom is -0.299 e. The highest BCUT2D eigenvalue weighted by Crippen LogP contribution is 2.14. The molecule has 2 heteroatoms. The van der Waals surface area contributed by atoms with Gasteiger partial charge in [0.1, 0.15) is 11.6 Å². The zero-order valence-corrected chi connectivity index (χ0v) is 19.4. The maximum absolute atomic E-state index is 11.8. The van der Waals surface area contributed by atoms with Crippen LogP contribution < -0.4 is 0 Å². The Balaban J connectivity index is 3.21. The van der Waals surface area contributed by atoms with E-state index in [9.17, 15) is 9.59 Å². The van der Waals surface area contributed by atoms with Crippen molar-refractivity contribution in [3.8, 4) is 0 Å². The van der Waals surface area contributed by atoms with Gasteiger partial charge in [0.15, 0.2) is 0 Å².